The van der Waals surface area contributed by atoms with Crippen LogP contribution in [-0.2, 0) is 11.4 Å². The van der Waals surface area contributed by atoms with Crippen LogP contribution >= 0.6 is 0 Å². The normalized spacial score (nSPS) is 14.0. The van der Waals surface area contributed by atoms with Crippen molar-refractivity contribution in [3.8, 4) is 0 Å². The van der Waals surface area contributed by atoms with Crippen LogP contribution in [0.5, 0.6) is 0 Å². The van der Waals surface area contributed by atoms with E-state index < -0.39 is 15.1 Å². The fraction of sp³-hybridized carbons (Fsp3) is 1.00. The zero-order valence-electron chi connectivity index (χ0n) is 26.0. The van der Waals surface area contributed by atoms with E-state index in [9.17, 15) is 0 Å². The van der Waals surface area contributed by atoms with Gasteiger partial charge in [-0.25, -0.2) is 0 Å². The highest BCUT2D eigenvalue weighted by Gasteiger charge is 2.49. The summed E-state index contributed by atoms with van der Waals surface area (Å²) in [5.74, 6) is 3.38. The summed E-state index contributed by atoms with van der Waals surface area (Å²) in [5, 5.41) is 0. The topological polar surface area (TPSA) is 27.7 Å². The third kappa shape index (κ3) is 15.5. The summed E-state index contributed by atoms with van der Waals surface area (Å²) in [4.78, 5) is 0. The molecule has 0 radical (unpaired) electrons. The van der Waals surface area contributed by atoms with E-state index in [1.807, 2.05) is 0 Å². The minimum atomic E-state index is -2.46. The summed E-state index contributed by atoms with van der Waals surface area (Å²) in [7, 11) is 0. The van der Waals surface area contributed by atoms with Crippen LogP contribution in [0.25, 0.3) is 0 Å². The second-order valence-electron chi connectivity index (χ2n) is 14.6. The third-order valence-corrected chi connectivity index (χ3v) is 8.47. The number of rotatable bonds is 18. The Bertz CT molecular complexity index is 433. The molecule has 34 heavy (non-hydrogen) atoms. The molecule has 204 valence electrons. The molecule has 0 atom stereocenters. The Labute approximate surface area is 220 Å². The minimum absolute atomic E-state index is 0.230. The third-order valence-electron chi connectivity index (χ3n) is 6.18. The van der Waals surface area contributed by atoms with Crippen molar-refractivity contribution >= 4 is 15.1 Å². The van der Waals surface area contributed by atoms with E-state index in [-0.39, 0.29) is 16.8 Å². The van der Waals surface area contributed by atoms with Crippen molar-refractivity contribution in [2.75, 3.05) is 0 Å². The lowest BCUT2D eigenvalue weighted by atomic mass is 9.87. The second-order valence-corrected chi connectivity index (χ2v) is 15.9. The van der Waals surface area contributed by atoms with Gasteiger partial charge in [0.25, 0.3) is 0 Å². The van der Waals surface area contributed by atoms with Crippen LogP contribution in [-0.4, -0.2) is 32.0 Å². The lowest BCUT2D eigenvalue weighted by Gasteiger charge is -2.43. The molecule has 0 aromatic heterocycles. The fourth-order valence-corrected chi connectivity index (χ4v) is 8.60. The van der Waals surface area contributed by atoms with Gasteiger partial charge in [-0.1, -0.05) is 83.1 Å². The van der Waals surface area contributed by atoms with Gasteiger partial charge in [0.15, 0.2) is 0 Å². The van der Waals surface area contributed by atoms with Crippen LogP contribution in [0, 0.1) is 35.5 Å². The Morgan fingerprint density at radius 1 is 0.382 bits per heavy atom. The first-order valence-corrected chi connectivity index (χ1v) is 15.7. The molecule has 0 aromatic carbocycles. The molecule has 0 saturated heterocycles. The maximum atomic E-state index is 7.07. The van der Waals surface area contributed by atoms with E-state index in [1.54, 1.807) is 0 Å². The lowest BCUT2D eigenvalue weighted by Crippen LogP contribution is -2.51. The highest BCUT2D eigenvalue weighted by molar-refractivity contribution is 6.36. The van der Waals surface area contributed by atoms with Crippen molar-refractivity contribution in [2.24, 2.45) is 35.5 Å². The van der Waals surface area contributed by atoms with Crippen molar-refractivity contribution in [1.29, 1.82) is 0 Å². The molecule has 0 fully saturated rings. The average molecular weight is 499 g/mol. The van der Waals surface area contributed by atoms with E-state index in [0.29, 0.717) is 35.5 Å². The molecule has 0 aliphatic carbocycles. The van der Waals surface area contributed by atoms with Crippen LogP contribution in [0.1, 0.15) is 142 Å². The van der Waals surface area contributed by atoms with Crippen LogP contribution in [0.2, 0.25) is 0 Å². The maximum Gasteiger partial charge on any atom is 0.906 e. The van der Waals surface area contributed by atoms with Gasteiger partial charge in [0.2, 0.25) is 0 Å². The minimum Gasteiger partial charge on any atom is -0.449 e. The molecule has 0 heterocycles. The molecule has 0 spiro atoms. The monoisotopic (exact) mass is 498 g/mol. The summed E-state index contributed by atoms with van der Waals surface area (Å²) in [6, 6.07) is 0. The quantitative estimate of drug-likeness (QED) is 0.176. The van der Waals surface area contributed by atoms with Crippen LogP contribution in [0.4, 0.5) is 0 Å². The first kappa shape index (κ1) is 34.4. The highest BCUT2D eigenvalue weighted by Crippen LogP contribution is 2.37. The molecule has 0 unspecified atom stereocenters. The Morgan fingerprint density at radius 3 is 0.647 bits per heavy atom. The van der Waals surface area contributed by atoms with E-state index >= 15 is 0 Å². The summed E-state index contributed by atoms with van der Waals surface area (Å²) in [5.41, 5.74) is -0.689. The summed E-state index contributed by atoms with van der Waals surface area (Å²) in [6.45, 7) is 34.4. The largest absolute Gasteiger partial charge is 0.906 e. The van der Waals surface area contributed by atoms with Gasteiger partial charge in [0.1, 0.15) is 0 Å². The van der Waals surface area contributed by atoms with E-state index in [1.165, 1.54) is 0 Å². The highest BCUT2D eigenvalue weighted by atomic mass is 27.3. The van der Waals surface area contributed by atoms with Crippen LogP contribution < -0.4 is 0 Å². The van der Waals surface area contributed by atoms with Crippen LogP contribution in [0.15, 0.2) is 0 Å². The summed E-state index contributed by atoms with van der Waals surface area (Å²) >= 11 is -2.46. The second kappa shape index (κ2) is 15.0. The van der Waals surface area contributed by atoms with E-state index in [4.69, 9.17) is 11.4 Å². The SMILES string of the molecule is CC(C)CC(C)(CC(C)C)[O][Al]([O]C(C)(CC(C)C)CC(C)C)[O]C(C)(CC(C)C)CC(C)C. The fourth-order valence-electron chi connectivity index (χ4n) is 6.49. The number of hydrogen-bond donors (Lipinski definition) is 0. The summed E-state index contributed by atoms with van der Waals surface area (Å²) < 4.78 is 21.2. The number of hydrogen-bond acceptors (Lipinski definition) is 3. The Hall–Kier alpha value is 0.412. The molecule has 4 heteroatoms. The van der Waals surface area contributed by atoms with E-state index in [0.717, 1.165) is 38.5 Å². The molecule has 0 aliphatic heterocycles. The molecule has 0 aromatic rings. The van der Waals surface area contributed by atoms with Gasteiger partial charge in [-0.3, -0.25) is 0 Å². The van der Waals surface area contributed by atoms with Gasteiger partial charge in [0.05, 0.1) is 0 Å². The van der Waals surface area contributed by atoms with Gasteiger partial charge in [-0.2, -0.15) is 0 Å². The Balaban J connectivity index is 6.27. The Kier molecular flexibility index (Phi) is 15.2. The van der Waals surface area contributed by atoms with Crippen molar-refractivity contribution in [3.63, 3.8) is 0 Å². The van der Waals surface area contributed by atoms with Crippen molar-refractivity contribution in [2.45, 2.75) is 159 Å². The van der Waals surface area contributed by atoms with Crippen LogP contribution in [0.3, 0.4) is 0 Å². The lowest BCUT2D eigenvalue weighted by molar-refractivity contribution is -0.103. The molecule has 3 nitrogen and oxygen atoms in total. The van der Waals surface area contributed by atoms with Gasteiger partial charge in [-0.15, -0.1) is 0 Å². The predicted molar refractivity (Wildman–Crippen MR) is 151 cm³/mol. The molecule has 0 bridgehead atoms. The molecule has 0 N–H and O–H groups in total. The standard InChI is InChI=1S/3C10H21O.Al/c3*1-8(2)6-10(5,11)7-9(3)4;/h3*8-9H,6-7H2,1-5H3;/q3*-1;+3. The molecular formula is C30H63AlO3. The maximum absolute atomic E-state index is 7.07. The smallest absolute Gasteiger partial charge is 0.449 e. The molecular weight excluding hydrogens is 435 g/mol. The van der Waals surface area contributed by atoms with Gasteiger partial charge in [-0.05, 0) is 94.8 Å². The summed E-state index contributed by atoms with van der Waals surface area (Å²) in [6.07, 6.45) is 6.15. The zero-order chi connectivity index (χ0) is 26.9. The molecule has 0 amide bonds. The Morgan fingerprint density at radius 2 is 0.529 bits per heavy atom. The zero-order valence-corrected chi connectivity index (χ0v) is 27.2. The van der Waals surface area contributed by atoms with E-state index in [2.05, 4.69) is 104 Å². The molecule has 0 aliphatic rings. The van der Waals surface area contributed by atoms with Crippen molar-refractivity contribution in [1.82, 2.24) is 0 Å². The molecule has 0 saturated carbocycles. The van der Waals surface area contributed by atoms with Gasteiger partial charge < -0.3 is 11.4 Å². The average Bonchev–Trinajstić information content (AvgIpc) is 2.47. The van der Waals surface area contributed by atoms with Gasteiger partial charge >= 0.3 is 15.1 Å². The first-order valence-electron chi connectivity index (χ1n) is 14.3. The molecule has 0 rings (SSSR count). The predicted octanol–water partition coefficient (Wildman–Crippen LogP) is 9.57. The van der Waals surface area contributed by atoms with Crippen molar-refractivity contribution < 1.29 is 11.4 Å². The van der Waals surface area contributed by atoms with Crippen molar-refractivity contribution in [3.05, 3.63) is 0 Å². The first-order chi connectivity index (χ1) is 15.3. The van der Waals surface area contributed by atoms with Gasteiger partial charge in [0, 0.05) is 16.8 Å².